The molecule has 24 heavy (non-hydrogen) atoms. The summed E-state index contributed by atoms with van der Waals surface area (Å²) in [6.07, 6.45) is -0.667. The molecule has 2 N–H and O–H groups in total. The topological polar surface area (TPSA) is 41.5 Å². The smallest absolute Gasteiger partial charge is 0.118 e. The van der Waals surface area contributed by atoms with Gasteiger partial charge >= 0.3 is 0 Å². The van der Waals surface area contributed by atoms with Gasteiger partial charge < -0.3 is 15.2 Å². The first-order valence-corrected chi connectivity index (χ1v) is 7.96. The highest BCUT2D eigenvalue weighted by molar-refractivity contribution is 5.47. The SMILES string of the molecule is COc1ccc(C(Nc2ccccc2)C(O)c2ccccc2)cc1. The van der Waals surface area contributed by atoms with Crippen molar-refractivity contribution < 1.29 is 9.84 Å². The largest absolute Gasteiger partial charge is 0.497 e. The Hall–Kier alpha value is -2.78. The van der Waals surface area contributed by atoms with Crippen LogP contribution < -0.4 is 10.1 Å². The predicted molar refractivity (Wildman–Crippen MR) is 97.2 cm³/mol. The van der Waals surface area contributed by atoms with Crippen molar-refractivity contribution in [3.63, 3.8) is 0 Å². The molecule has 3 rings (SSSR count). The van der Waals surface area contributed by atoms with Crippen molar-refractivity contribution in [1.82, 2.24) is 0 Å². The lowest BCUT2D eigenvalue weighted by atomic mass is 9.95. The van der Waals surface area contributed by atoms with Crippen LogP contribution in [0.25, 0.3) is 0 Å². The van der Waals surface area contributed by atoms with Crippen LogP contribution in [0.3, 0.4) is 0 Å². The van der Waals surface area contributed by atoms with E-state index in [-0.39, 0.29) is 6.04 Å². The monoisotopic (exact) mass is 319 g/mol. The van der Waals surface area contributed by atoms with E-state index in [2.05, 4.69) is 5.32 Å². The fourth-order valence-corrected chi connectivity index (χ4v) is 2.71. The van der Waals surface area contributed by atoms with Crippen LogP contribution in [0.5, 0.6) is 5.75 Å². The second kappa shape index (κ2) is 7.66. The van der Waals surface area contributed by atoms with Crippen molar-refractivity contribution in [3.05, 3.63) is 96.1 Å². The van der Waals surface area contributed by atoms with Crippen LogP contribution in [0.15, 0.2) is 84.9 Å². The van der Waals surface area contributed by atoms with Crippen molar-refractivity contribution in [2.75, 3.05) is 12.4 Å². The number of rotatable bonds is 6. The van der Waals surface area contributed by atoms with Gasteiger partial charge in [0, 0.05) is 5.69 Å². The molecule has 2 unspecified atom stereocenters. The number of ether oxygens (including phenoxy) is 1. The second-order valence-corrected chi connectivity index (χ2v) is 5.62. The van der Waals surface area contributed by atoms with Crippen molar-refractivity contribution >= 4 is 5.69 Å². The molecule has 3 heteroatoms. The summed E-state index contributed by atoms with van der Waals surface area (Å²) < 4.78 is 5.23. The van der Waals surface area contributed by atoms with Gasteiger partial charge in [-0.25, -0.2) is 0 Å². The lowest BCUT2D eigenvalue weighted by Gasteiger charge is -2.26. The molecule has 3 aromatic carbocycles. The third-order valence-electron chi connectivity index (χ3n) is 4.03. The molecule has 0 saturated heterocycles. The lowest BCUT2D eigenvalue weighted by molar-refractivity contribution is 0.155. The molecule has 0 heterocycles. The third kappa shape index (κ3) is 3.76. The van der Waals surface area contributed by atoms with Crippen molar-refractivity contribution in [1.29, 1.82) is 0 Å². The standard InChI is InChI=1S/C21H21NO2/c1-24-19-14-12-16(13-15-19)20(22-18-10-6-3-7-11-18)21(23)17-8-4-2-5-9-17/h2-15,20-23H,1H3. The van der Waals surface area contributed by atoms with Gasteiger partial charge in [-0.1, -0.05) is 60.7 Å². The molecule has 3 nitrogen and oxygen atoms in total. The van der Waals surface area contributed by atoms with Crippen LogP contribution in [-0.4, -0.2) is 12.2 Å². The fourth-order valence-electron chi connectivity index (χ4n) is 2.71. The lowest BCUT2D eigenvalue weighted by Crippen LogP contribution is -2.19. The van der Waals surface area contributed by atoms with Crippen LogP contribution in [0.1, 0.15) is 23.3 Å². The number of hydrogen-bond acceptors (Lipinski definition) is 3. The molecule has 0 spiro atoms. The summed E-state index contributed by atoms with van der Waals surface area (Å²) in [5.74, 6) is 0.798. The summed E-state index contributed by atoms with van der Waals surface area (Å²) >= 11 is 0. The first-order chi connectivity index (χ1) is 11.8. The van der Waals surface area contributed by atoms with Crippen LogP contribution >= 0.6 is 0 Å². The predicted octanol–water partition coefficient (Wildman–Crippen LogP) is 4.58. The van der Waals surface area contributed by atoms with Crippen LogP contribution in [0.4, 0.5) is 5.69 Å². The highest BCUT2D eigenvalue weighted by Crippen LogP contribution is 2.32. The Labute approximate surface area is 142 Å². The Morgan fingerprint density at radius 2 is 1.33 bits per heavy atom. The molecule has 0 saturated carbocycles. The Kier molecular flexibility index (Phi) is 5.14. The van der Waals surface area contributed by atoms with E-state index in [1.54, 1.807) is 7.11 Å². The molecule has 2 atom stereocenters. The molecule has 0 aliphatic rings. The van der Waals surface area contributed by atoms with Gasteiger partial charge in [0.2, 0.25) is 0 Å². The van der Waals surface area contributed by atoms with Gasteiger partial charge in [-0.2, -0.15) is 0 Å². The summed E-state index contributed by atoms with van der Waals surface area (Å²) in [6.45, 7) is 0. The minimum Gasteiger partial charge on any atom is -0.497 e. The van der Waals surface area contributed by atoms with E-state index in [4.69, 9.17) is 4.74 Å². The molecule has 0 amide bonds. The van der Waals surface area contributed by atoms with Gasteiger partial charge in [-0.05, 0) is 35.4 Å². The van der Waals surface area contributed by atoms with E-state index in [0.29, 0.717) is 0 Å². The molecule has 0 aliphatic carbocycles. The molecule has 0 fully saturated rings. The fraction of sp³-hybridized carbons (Fsp3) is 0.143. The van der Waals surface area contributed by atoms with Crippen LogP contribution in [0.2, 0.25) is 0 Å². The van der Waals surface area contributed by atoms with Gasteiger partial charge in [0.25, 0.3) is 0 Å². The van der Waals surface area contributed by atoms with E-state index in [1.165, 1.54) is 0 Å². The highest BCUT2D eigenvalue weighted by atomic mass is 16.5. The minimum absolute atomic E-state index is 0.263. The first-order valence-electron chi connectivity index (χ1n) is 7.96. The number of anilines is 1. The van der Waals surface area contributed by atoms with Crippen molar-refractivity contribution in [2.45, 2.75) is 12.1 Å². The quantitative estimate of drug-likeness (QED) is 0.698. The van der Waals surface area contributed by atoms with Crippen molar-refractivity contribution in [3.8, 4) is 5.75 Å². The van der Waals surface area contributed by atoms with Gasteiger partial charge in [-0.15, -0.1) is 0 Å². The van der Waals surface area contributed by atoms with Gasteiger partial charge in [-0.3, -0.25) is 0 Å². The Balaban J connectivity index is 1.93. The van der Waals surface area contributed by atoms with E-state index in [0.717, 1.165) is 22.6 Å². The number of benzene rings is 3. The average molecular weight is 319 g/mol. The van der Waals surface area contributed by atoms with Crippen LogP contribution in [-0.2, 0) is 0 Å². The van der Waals surface area contributed by atoms with Gasteiger partial charge in [0.05, 0.1) is 13.2 Å². The normalized spacial score (nSPS) is 13.1. The molecule has 3 aromatic rings. The summed E-state index contributed by atoms with van der Waals surface area (Å²) in [4.78, 5) is 0. The Morgan fingerprint density at radius 1 is 0.750 bits per heavy atom. The molecule has 0 aromatic heterocycles. The first kappa shape index (κ1) is 16.1. The van der Waals surface area contributed by atoms with Gasteiger partial charge in [0.1, 0.15) is 11.9 Å². The average Bonchev–Trinajstić information content (AvgIpc) is 2.67. The molecular formula is C21H21NO2. The number of para-hydroxylation sites is 1. The molecule has 0 bridgehead atoms. The number of aliphatic hydroxyl groups is 1. The van der Waals surface area contributed by atoms with E-state index >= 15 is 0 Å². The van der Waals surface area contributed by atoms with E-state index in [9.17, 15) is 5.11 Å². The molecule has 122 valence electrons. The summed E-state index contributed by atoms with van der Waals surface area (Å²) in [6, 6.07) is 27.1. The zero-order chi connectivity index (χ0) is 16.8. The molecule has 0 aliphatic heterocycles. The Morgan fingerprint density at radius 3 is 1.92 bits per heavy atom. The maximum absolute atomic E-state index is 10.9. The Bertz CT molecular complexity index is 742. The van der Waals surface area contributed by atoms with E-state index in [1.807, 2.05) is 84.9 Å². The molecule has 0 radical (unpaired) electrons. The maximum atomic E-state index is 10.9. The van der Waals surface area contributed by atoms with Crippen molar-refractivity contribution in [2.24, 2.45) is 0 Å². The third-order valence-corrected chi connectivity index (χ3v) is 4.03. The summed E-state index contributed by atoms with van der Waals surface area (Å²) in [7, 11) is 1.65. The zero-order valence-electron chi connectivity index (χ0n) is 13.6. The van der Waals surface area contributed by atoms with Gasteiger partial charge in [0.15, 0.2) is 0 Å². The highest BCUT2D eigenvalue weighted by Gasteiger charge is 2.22. The maximum Gasteiger partial charge on any atom is 0.118 e. The second-order valence-electron chi connectivity index (χ2n) is 5.62. The number of aliphatic hydroxyl groups excluding tert-OH is 1. The molecular weight excluding hydrogens is 298 g/mol. The number of nitrogens with one attached hydrogen (secondary N) is 1. The van der Waals surface area contributed by atoms with Crippen LogP contribution in [0, 0.1) is 0 Å². The summed E-state index contributed by atoms with van der Waals surface area (Å²) in [5, 5.41) is 14.4. The number of hydrogen-bond donors (Lipinski definition) is 2. The number of methoxy groups -OCH3 is 1. The van der Waals surface area contributed by atoms with E-state index < -0.39 is 6.10 Å². The zero-order valence-corrected chi connectivity index (χ0v) is 13.6. The minimum atomic E-state index is -0.667. The summed E-state index contributed by atoms with van der Waals surface area (Å²) in [5.41, 5.74) is 2.84.